The van der Waals surface area contributed by atoms with Crippen LogP contribution in [0.15, 0.2) is 36.8 Å². The minimum Gasteiger partial charge on any atom is -0.481 e. The van der Waals surface area contributed by atoms with Gasteiger partial charge in [0.2, 0.25) is 17.6 Å². The summed E-state index contributed by atoms with van der Waals surface area (Å²) in [4.78, 5) is 43.0. The summed E-state index contributed by atoms with van der Waals surface area (Å²) in [5, 5.41) is 11.2. The van der Waals surface area contributed by atoms with Gasteiger partial charge >= 0.3 is 0 Å². The number of halogens is 1. The van der Waals surface area contributed by atoms with E-state index in [4.69, 9.17) is 16.3 Å². The summed E-state index contributed by atoms with van der Waals surface area (Å²) in [6, 6.07) is 5.56. The first-order valence-corrected chi connectivity index (χ1v) is 11.5. The first-order valence-electron chi connectivity index (χ1n) is 11.1. The number of piperidine rings is 1. The van der Waals surface area contributed by atoms with Crippen molar-refractivity contribution in [1.29, 1.82) is 0 Å². The molecule has 0 spiro atoms. The van der Waals surface area contributed by atoms with Gasteiger partial charge in [-0.3, -0.25) is 14.7 Å². The fraction of sp³-hybridized carbons (Fsp3) is 0.304. The van der Waals surface area contributed by atoms with E-state index in [0.29, 0.717) is 54.8 Å². The van der Waals surface area contributed by atoms with Gasteiger partial charge in [0, 0.05) is 55.0 Å². The van der Waals surface area contributed by atoms with Crippen LogP contribution in [0, 0.1) is 5.92 Å². The number of carbonyl (C=O) groups excluding carboxylic acids is 2. The number of hydrogen-bond donors (Lipinski definition) is 3. The molecule has 35 heavy (non-hydrogen) atoms. The molecule has 0 radical (unpaired) electrons. The first-order chi connectivity index (χ1) is 17.0. The minimum absolute atomic E-state index is 0.0206. The largest absolute Gasteiger partial charge is 0.481 e. The molecule has 4 aromatic heterocycles. The third-order valence-electron chi connectivity index (χ3n) is 6.05. The smallest absolute Gasteiger partial charge is 0.293 e. The minimum atomic E-state index is -0.297. The second kappa shape index (κ2) is 9.71. The number of amides is 2. The second-order valence-corrected chi connectivity index (χ2v) is 8.66. The van der Waals surface area contributed by atoms with Gasteiger partial charge in [0.1, 0.15) is 5.65 Å². The third kappa shape index (κ3) is 4.80. The van der Waals surface area contributed by atoms with Crippen molar-refractivity contribution in [2.75, 3.05) is 20.2 Å². The van der Waals surface area contributed by atoms with Gasteiger partial charge in [-0.1, -0.05) is 11.6 Å². The Hall–Kier alpha value is -3.99. The number of likely N-dealkylation sites (tertiary alicyclic amines) is 1. The molecule has 0 bridgehead atoms. The monoisotopic (exact) mass is 494 g/mol. The van der Waals surface area contributed by atoms with E-state index in [1.54, 1.807) is 17.2 Å². The maximum absolute atomic E-state index is 12.9. The number of methoxy groups -OCH3 is 1. The van der Waals surface area contributed by atoms with E-state index in [0.717, 1.165) is 16.6 Å². The quantitative estimate of drug-likeness (QED) is 0.374. The van der Waals surface area contributed by atoms with Crippen LogP contribution in [0.25, 0.3) is 22.4 Å². The zero-order valence-electron chi connectivity index (χ0n) is 18.9. The molecule has 180 valence electrons. The van der Waals surface area contributed by atoms with Crippen molar-refractivity contribution in [3.8, 4) is 17.3 Å². The van der Waals surface area contributed by atoms with Crippen molar-refractivity contribution in [2.24, 2.45) is 5.92 Å². The second-order valence-electron chi connectivity index (χ2n) is 8.26. The standard InChI is InChI=1S/C23H23ClN8O3/c1-35-18-9-16(17(24)12-26-18)20-29-21(31-30-20)23(34)32-6-3-14(4-7-32)22(33)28-11-13-8-15-2-5-25-19(15)27-10-13/h2,5,8-10,12,14H,3-4,6-7,11H2,1H3,(H,25,27)(H,28,33)(H,29,30,31). The molecule has 0 atom stereocenters. The topological polar surface area (TPSA) is 142 Å². The number of fused-ring (bicyclic) bond motifs is 1. The zero-order valence-corrected chi connectivity index (χ0v) is 19.7. The number of aromatic amines is 2. The Kier molecular flexibility index (Phi) is 6.32. The fourth-order valence-corrected chi connectivity index (χ4v) is 4.29. The molecule has 0 saturated carbocycles. The van der Waals surface area contributed by atoms with Gasteiger partial charge in [0.25, 0.3) is 5.91 Å². The average molecular weight is 495 g/mol. The Labute approximate surface area is 205 Å². The molecule has 1 aliphatic heterocycles. The van der Waals surface area contributed by atoms with Gasteiger partial charge in [-0.15, -0.1) is 5.10 Å². The van der Waals surface area contributed by atoms with Crippen LogP contribution in [-0.4, -0.2) is 67.0 Å². The van der Waals surface area contributed by atoms with Crippen molar-refractivity contribution in [1.82, 2.24) is 40.3 Å². The van der Waals surface area contributed by atoms with E-state index in [-0.39, 0.29) is 23.6 Å². The molecule has 1 aliphatic rings. The van der Waals surface area contributed by atoms with Crippen LogP contribution in [0.5, 0.6) is 5.88 Å². The maximum atomic E-state index is 12.9. The lowest BCUT2D eigenvalue weighted by molar-refractivity contribution is -0.126. The lowest BCUT2D eigenvalue weighted by Gasteiger charge is -2.30. The molecule has 2 amide bonds. The number of carbonyl (C=O) groups is 2. The van der Waals surface area contributed by atoms with Crippen LogP contribution < -0.4 is 10.1 Å². The van der Waals surface area contributed by atoms with Crippen LogP contribution in [0.4, 0.5) is 0 Å². The number of hydrogen-bond acceptors (Lipinski definition) is 7. The lowest BCUT2D eigenvalue weighted by atomic mass is 9.95. The van der Waals surface area contributed by atoms with Gasteiger partial charge in [-0.05, 0) is 30.5 Å². The van der Waals surface area contributed by atoms with E-state index in [1.807, 2.05) is 18.3 Å². The zero-order chi connectivity index (χ0) is 24.4. The van der Waals surface area contributed by atoms with E-state index < -0.39 is 0 Å². The van der Waals surface area contributed by atoms with Gasteiger partial charge in [0.05, 0.1) is 18.3 Å². The highest BCUT2D eigenvalue weighted by Gasteiger charge is 2.29. The van der Waals surface area contributed by atoms with E-state index >= 15 is 0 Å². The van der Waals surface area contributed by atoms with Crippen LogP contribution in [-0.2, 0) is 11.3 Å². The summed E-state index contributed by atoms with van der Waals surface area (Å²) in [6.45, 7) is 1.30. The number of nitrogens with zero attached hydrogens (tertiary/aromatic N) is 5. The predicted octanol–water partition coefficient (Wildman–Crippen LogP) is 2.57. The maximum Gasteiger partial charge on any atom is 0.293 e. The average Bonchev–Trinajstić information content (AvgIpc) is 3.57. The fourth-order valence-electron chi connectivity index (χ4n) is 4.09. The Balaban J connectivity index is 1.16. The molecule has 0 aliphatic carbocycles. The normalized spacial score (nSPS) is 14.3. The molecule has 1 fully saturated rings. The molecule has 11 nitrogen and oxygen atoms in total. The first kappa shape index (κ1) is 22.8. The van der Waals surface area contributed by atoms with Crippen LogP contribution in [0.1, 0.15) is 29.0 Å². The number of H-pyrrole nitrogens is 2. The third-order valence-corrected chi connectivity index (χ3v) is 6.35. The number of pyridine rings is 2. The summed E-state index contributed by atoms with van der Waals surface area (Å²) >= 11 is 6.21. The molecule has 0 unspecified atom stereocenters. The lowest BCUT2D eigenvalue weighted by Crippen LogP contribution is -2.43. The molecular weight excluding hydrogens is 472 g/mol. The van der Waals surface area contributed by atoms with Crippen LogP contribution in [0.2, 0.25) is 5.02 Å². The highest BCUT2D eigenvalue weighted by atomic mass is 35.5. The molecule has 5 rings (SSSR count). The highest BCUT2D eigenvalue weighted by Crippen LogP contribution is 2.27. The Bertz CT molecular complexity index is 1380. The van der Waals surface area contributed by atoms with Crippen LogP contribution in [0.3, 0.4) is 0 Å². The van der Waals surface area contributed by atoms with Crippen molar-refractivity contribution in [3.05, 3.63) is 53.2 Å². The van der Waals surface area contributed by atoms with Crippen LogP contribution >= 0.6 is 11.6 Å². The van der Waals surface area contributed by atoms with Gasteiger partial charge in [-0.2, -0.15) is 0 Å². The number of nitrogens with one attached hydrogen (secondary N) is 3. The van der Waals surface area contributed by atoms with Crippen molar-refractivity contribution >= 4 is 34.4 Å². The van der Waals surface area contributed by atoms with Crippen molar-refractivity contribution < 1.29 is 14.3 Å². The highest BCUT2D eigenvalue weighted by molar-refractivity contribution is 6.33. The molecule has 5 heterocycles. The number of ether oxygens (including phenoxy) is 1. The van der Waals surface area contributed by atoms with E-state index in [9.17, 15) is 9.59 Å². The number of aromatic nitrogens is 6. The molecule has 1 saturated heterocycles. The molecule has 0 aromatic carbocycles. The summed E-state index contributed by atoms with van der Waals surface area (Å²) in [5.41, 5.74) is 2.29. The SMILES string of the molecule is COc1cc(-c2nc(C(=O)N3CCC(C(=O)NCc4cnc5[nH]ccc5c4)CC3)n[nH]2)c(Cl)cn1. The van der Waals surface area contributed by atoms with E-state index in [1.165, 1.54) is 13.3 Å². The summed E-state index contributed by atoms with van der Waals surface area (Å²) in [5.74, 6) is 0.286. The molecule has 12 heteroatoms. The van der Waals surface area contributed by atoms with Gasteiger partial charge < -0.3 is 19.9 Å². The Morgan fingerprint density at radius 3 is 2.86 bits per heavy atom. The predicted molar refractivity (Wildman–Crippen MR) is 128 cm³/mol. The molecule has 3 N–H and O–H groups in total. The molecule has 4 aromatic rings. The Morgan fingerprint density at radius 2 is 2.06 bits per heavy atom. The van der Waals surface area contributed by atoms with E-state index in [2.05, 4.69) is 35.5 Å². The van der Waals surface area contributed by atoms with Crippen molar-refractivity contribution in [3.63, 3.8) is 0 Å². The summed E-state index contributed by atoms with van der Waals surface area (Å²) in [6.07, 6.45) is 6.17. The summed E-state index contributed by atoms with van der Waals surface area (Å²) in [7, 11) is 1.50. The van der Waals surface area contributed by atoms with Crippen molar-refractivity contribution in [2.45, 2.75) is 19.4 Å². The van der Waals surface area contributed by atoms with Gasteiger partial charge in [-0.25, -0.2) is 15.0 Å². The Morgan fingerprint density at radius 1 is 1.23 bits per heavy atom. The summed E-state index contributed by atoms with van der Waals surface area (Å²) < 4.78 is 5.12. The van der Waals surface area contributed by atoms with Gasteiger partial charge in [0.15, 0.2) is 5.82 Å². The number of rotatable bonds is 6. The molecular formula is C23H23ClN8O3.